The van der Waals surface area contributed by atoms with Gasteiger partial charge >= 0.3 is 5.97 Å². The van der Waals surface area contributed by atoms with Crippen molar-refractivity contribution in [1.29, 1.82) is 0 Å². The monoisotopic (exact) mass is 184 g/mol. The normalized spacial score (nSPS) is 20.2. The second-order valence-electron chi connectivity index (χ2n) is 3.81. The Bertz CT molecular complexity index is 159. The number of hydrogen-bond acceptors (Lipinski definition) is 2. The Morgan fingerprint density at radius 3 is 2.46 bits per heavy atom. The molecule has 0 radical (unpaired) electrons. The minimum absolute atomic E-state index is 0.0249. The predicted molar refractivity (Wildman–Crippen MR) is 52.4 cm³/mol. The smallest absolute Gasteiger partial charge is 0.309 e. The zero-order valence-electron chi connectivity index (χ0n) is 8.71. The van der Waals surface area contributed by atoms with E-state index in [1.165, 1.54) is 25.7 Å². The van der Waals surface area contributed by atoms with Crippen molar-refractivity contribution in [3.63, 3.8) is 0 Å². The molecule has 0 aromatic rings. The molecule has 0 saturated heterocycles. The van der Waals surface area contributed by atoms with Crippen molar-refractivity contribution in [3.05, 3.63) is 0 Å². The minimum atomic E-state index is 0.0249. The van der Waals surface area contributed by atoms with Crippen LogP contribution < -0.4 is 0 Å². The molecule has 1 rings (SSSR count). The molecule has 0 aliphatic heterocycles. The fourth-order valence-corrected chi connectivity index (χ4v) is 2.30. The maximum absolute atomic E-state index is 11.5. The van der Waals surface area contributed by atoms with Crippen molar-refractivity contribution in [1.82, 2.24) is 0 Å². The first-order chi connectivity index (χ1) is 6.29. The van der Waals surface area contributed by atoms with Crippen molar-refractivity contribution < 1.29 is 9.53 Å². The lowest BCUT2D eigenvalue weighted by molar-refractivity contribution is -0.150. The SMILES string of the molecule is CCOC(=O)C(CC)C1CCCC1. The molecule has 1 fully saturated rings. The number of hydrogen-bond donors (Lipinski definition) is 0. The summed E-state index contributed by atoms with van der Waals surface area (Å²) >= 11 is 0. The number of carbonyl (C=O) groups is 1. The standard InChI is InChI=1S/C11H20O2/c1-3-10(11(12)13-4-2)9-7-5-6-8-9/h9-10H,3-8H2,1-2H3. The van der Waals surface area contributed by atoms with E-state index in [0.717, 1.165) is 6.42 Å². The fourth-order valence-electron chi connectivity index (χ4n) is 2.30. The van der Waals surface area contributed by atoms with Crippen LogP contribution in [0.25, 0.3) is 0 Å². The Morgan fingerprint density at radius 2 is 2.00 bits per heavy atom. The second-order valence-corrected chi connectivity index (χ2v) is 3.81. The Morgan fingerprint density at radius 1 is 1.38 bits per heavy atom. The van der Waals surface area contributed by atoms with Gasteiger partial charge < -0.3 is 4.74 Å². The van der Waals surface area contributed by atoms with E-state index in [0.29, 0.717) is 12.5 Å². The van der Waals surface area contributed by atoms with Crippen LogP contribution in [0.4, 0.5) is 0 Å². The van der Waals surface area contributed by atoms with Crippen molar-refractivity contribution in [3.8, 4) is 0 Å². The van der Waals surface area contributed by atoms with Crippen LogP contribution in [-0.4, -0.2) is 12.6 Å². The average Bonchev–Trinajstić information content (AvgIpc) is 2.59. The van der Waals surface area contributed by atoms with Crippen molar-refractivity contribution in [2.24, 2.45) is 11.8 Å². The van der Waals surface area contributed by atoms with Crippen LogP contribution in [0.2, 0.25) is 0 Å². The molecular weight excluding hydrogens is 164 g/mol. The molecule has 76 valence electrons. The van der Waals surface area contributed by atoms with Gasteiger partial charge in [-0.15, -0.1) is 0 Å². The van der Waals surface area contributed by atoms with E-state index in [-0.39, 0.29) is 11.9 Å². The van der Waals surface area contributed by atoms with Crippen LogP contribution in [0.5, 0.6) is 0 Å². The molecule has 13 heavy (non-hydrogen) atoms. The van der Waals surface area contributed by atoms with Crippen LogP contribution in [0, 0.1) is 11.8 Å². The third-order valence-electron chi connectivity index (χ3n) is 3.00. The summed E-state index contributed by atoms with van der Waals surface area (Å²) in [5.74, 6) is 0.795. The Kier molecular flexibility index (Phi) is 4.26. The van der Waals surface area contributed by atoms with Gasteiger partial charge in [0, 0.05) is 0 Å². The lowest BCUT2D eigenvalue weighted by atomic mass is 9.89. The molecule has 1 aliphatic rings. The Hall–Kier alpha value is -0.530. The molecule has 1 atom stereocenters. The predicted octanol–water partition coefficient (Wildman–Crippen LogP) is 2.77. The highest BCUT2D eigenvalue weighted by atomic mass is 16.5. The molecule has 0 spiro atoms. The molecule has 0 N–H and O–H groups in total. The summed E-state index contributed by atoms with van der Waals surface area (Å²) < 4.78 is 5.07. The number of ether oxygens (including phenoxy) is 1. The molecule has 0 amide bonds. The third-order valence-corrected chi connectivity index (χ3v) is 3.00. The molecule has 0 bridgehead atoms. The van der Waals surface area contributed by atoms with Gasteiger partial charge in [-0.2, -0.15) is 0 Å². The van der Waals surface area contributed by atoms with Crippen LogP contribution in [-0.2, 0) is 9.53 Å². The minimum Gasteiger partial charge on any atom is -0.466 e. The van der Waals surface area contributed by atoms with E-state index in [1.54, 1.807) is 0 Å². The van der Waals surface area contributed by atoms with Crippen LogP contribution in [0.15, 0.2) is 0 Å². The van der Waals surface area contributed by atoms with Gasteiger partial charge in [0.15, 0.2) is 0 Å². The summed E-state index contributed by atoms with van der Waals surface area (Å²) in [6, 6.07) is 0. The summed E-state index contributed by atoms with van der Waals surface area (Å²) in [6.07, 6.45) is 5.96. The molecule has 0 aromatic carbocycles. The second kappa shape index (κ2) is 5.25. The molecular formula is C11H20O2. The zero-order chi connectivity index (χ0) is 9.68. The lowest BCUT2D eigenvalue weighted by Gasteiger charge is -2.19. The van der Waals surface area contributed by atoms with Gasteiger partial charge in [-0.1, -0.05) is 19.8 Å². The van der Waals surface area contributed by atoms with Crippen LogP contribution in [0.1, 0.15) is 46.0 Å². The van der Waals surface area contributed by atoms with Crippen LogP contribution in [0.3, 0.4) is 0 Å². The van der Waals surface area contributed by atoms with Gasteiger partial charge in [-0.3, -0.25) is 4.79 Å². The molecule has 2 nitrogen and oxygen atoms in total. The van der Waals surface area contributed by atoms with E-state index in [1.807, 2.05) is 6.92 Å². The molecule has 0 aromatic heterocycles. The summed E-state index contributed by atoms with van der Waals surface area (Å²) in [6.45, 7) is 4.47. The van der Waals surface area contributed by atoms with Gasteiger partial charge in [0.25, 0.3) is 0 Å². The van der Waals surface area contributed by atoms with E-state index >= 15 is 0 Å². The molecule has 2 heteroatoms. The first kappa shape index (κ1) is 10.6. The van der Waals surface area contributed by atoms with Gasteiger partial charge in [0.2, 0.25) is 0 Å². The Labute approximate surface area is 80.7 Å². The average molecular weight is 184 g/mol. The summed E-state index contributed by atoms with van der Waals surface area (Å²) in [4.78, 5) is 11.5. The first-order valence-electron chi connectivity index (χ1n) is 5.46. The Balaban J connectivity index is 2.44. The molecule has 1 aliphatic carbocycles. The van der Waals surface area contributed by atoms with E-state index in [9.17, 15) is 4.79 Å². The van der Waals surface area contributed by atoms with E-state index in [4.69, 9.17) is 4.74 Å². The summed E-state index contributed by atoms with van der Waals surface area (Å²) in [5.41, 5.74) is 0. The number of rotatable bonds is 4. The van der Waals surface area contributed by atoms with Gasteiger partial charge in [-0.05, 0) is 32.1 Å². The number of esters is 1. The van der Waals surface area contributed by atoms with E-state index in [2.05, 4.69) is 6.92 Å². The summed E-state index contributed by atoms with van der Waals surface area (Å²) in [7, 11) is 0. The van der Waals surface area contributed by atoms with Crippen molar-refractivity contribution >= 4 is 5.97 Å². The molecule has 1 unspecified atom stereocenters. The highest BCUT2D eigenvalue weighted by molar-refractivity contribution is 5.72. The largest absolute Gasteiger partial charge is 0.466 e. The maximum Gasteiger partial charge on any atom is 0.309 e. The lowest BCUT2D eigenvalue weighted by Crippen LogP contribution is -2.23. The number of carbonyl (C=O) groups excluding carboxylic acids is 1. The zero-order valence-corrected chi connectivity index (χ0v) is 8.71. The third kappa shape index (κ3) is 2.71. The highest BCUT2D eigenvalue weighted by Gasteiger charge is 2.29. The maximum atomic E-state index is 11.5. The highest BCUT2D eigenvalue weighted by Crippen LogP contribution is 2.33. The quantitative estimate of drug-likeness (QED) is 0.628. The van der Waals surface area contributed by atoms with Crippen molar-refractivity contribution in [2.75, 3.05) is 6.61 Å². The summed E-state index contributed by atoms with van der Waals surface area (Å²) in [5, 5.41) is 0. The molecule has 0 heterocycles. The molecule has 1 saturated carbocycles. The van der Waals surface area contributed by atoms with Crippen LogP contribution >= 0.6 is 0 Å². The van der Waals surface area contributed by atoms with E-state index < -0.39 is 0 Å². The van der Waals surface area contributed by atoms with Gasteiger partial charge in [0.1, 0.15) is 0 Å². The first-order valence-corrected chi connectivity index (χ1v) is 5.46. The van der Waals surface area contributed by atoms with Crippen molar-refractivity contribution in [2.45, 2.75) is 46.0 Å². The van der Waals surface area contributed by atoms with Gasteiger partial charge in [-0.25, -0.2) is 0 Å². The fraction of sp³-hybridized carbons (Fsp3) is 0.909. The van der Waals surface area contributed by atoms with Gasteiger partial charge in [0.05, 0.1) is 12.5 Å². The topological polar surface area (TPSA) is 26.3 Å².